The number of carbonyl (C=O) groups is 1. The van der Waals surface area contributed by atoms with Crippen molar-refractivity contribution in [1.82, 2.24) is 15.1 Å². The van der Waals surface area contributed by atoms with Gasteiger partial charge in [0.25, 0.3) is 0 Å². The Hall–Kier alpha value is -1.66. The third kappa shape index (κ3) is 2.96. The zero-order valence-electron chi connectivity index (χ0n) is 10.4. The van der Waals surface area contributed by atoms with Gasteiger partial charge in [-0.1, -0.05) is 0 Å². The van der Waals surface area contributed by atoms with Gasteiger partial charge in [-0.05, 0) is 19.1 Å². The van der Waals surface area contributed by atoms with Gasteiger partial charge in [0.05, 0.1) is 12.7 Å². The smallest absolute Gasteiger partial charge is 0.241 e. The summed E-state index contributed by atoms with van der Waals surface area (Å²) < 4.78 is 1.63. The third-order valence-electron chi connectivity index (χ3n) is 2.60. The minimum absolute atomic E-state index is 0.186. The van der Waals surface area contributed by atoms with Crippen LogP contribution in [0.2, 0.25) is 0 Å². The largest absolute Gasteiger partial charge is 0.350 e. The molecule has 0 spiro atoms. The standard InChI is InChI=1S/C12H16N4OS/c1-8-3-4-10(18-8)6-14-12(17)11(13)9-5-15-16(2)7-9/h3-5,7,11H,6,13H2,1-2H3,(H,14,17). The topological polar surface area (TPSA) is 72.9 Å². The Bertz CT molecular complexity index is 546. The van der Waals surface area contributed by atoms with Gasteiger partial charge >= 0.3 is 0 Å². The monoisotopic (exact) mass is 264 g/mol. The number of aryl methyl sites for hydroxylation is 2. The van der Waals surface area contributed by atoms with Crippen LogP contribution >= 0.6 is 11.3 Å². The van der Waals surface area contributed by atoms with E-state index in [0.29, 0.717) is 6.54 Å². The molecule has 0 aliphatic rings. The van der Waals surface area contributed by atoms with E-state index in [4.69, 9.17) is 5.73 Å². The Morgan fingerprint density at radius 2 is 2.39 bits per heavy atom. The molecule has 0 aliphatic carbocycles. The molecule has 2 aromatic rings. The maximum Gasteiger partial charge on any atom is 0.241 e. The molecule has 18 heavy (non-hydrogen) atoms. The summed E-state index contributed by atoms with van der Waals surface area (Å²) in [5, 5.41) is 6.83. The first-order valence-electron chi connectivity index (χ1n) is 5.63. The van der Waals surface area contributed by atoms with Crippen molar-refractivity contribution in [3.8, 4) is 0 Å². The number of thiophene rings is 1. The molecule has 3 N–H and O–H groups in total. The number of hydrogen-bond acceptors (Lipinski definition) is 4. The first-order valence-corrected chi connectivity index (χ1v) is 6.45. The Labute approximate surface area is 110 Å². The third-order valence-corrected chi connectivity index (χ3v) is 3.60. The summed E-state index contributed by atoms with van der Waals surface area (Å²) in [5.41, 5.74) is 6.58. The van der Waals surface area contributed by atoms with E-state index in [1.54, 1.807) is 35.5 Å². The molecule has 0 aromatic carbocycles. The van der Waals surface area contributed by atoms with Crippen LogP contribution < -0.4 is 11.1 Å². The summed E-state index contributed by atoms with van der Waals surface area (Å²) in [4.78, 5) is 14.2. The Kier molecular flexibility index (Phi) is 3.78. The first kappa shape index (κ1) is 12.8. The molecule has 1 atom stereocenters. The number of nitrogens with two attached hydrogens (primary N) is 1. The van der Waals surface area contributed by atoms with Crippen LogP contribution in [0.4, 0.5) is 0 Å². The van der Waals surface area contributed by atoms with Gasteiger partial charge in [0.2, 0.25) is 5.91 Å². The molecule has 96 valence electrons. The van der Waals surface area contributed by atoms with Crippen molar-refractivity contribution >= 4 is 17.2 Å². The molecule has 2 aromatic heterocycles. The van der Waals surface area contributed by atoms with Gasteiger partial charge in [-0.25, -0.2) is 0 Å². The lowest BCUT2D eigenvalue weighted by Gasteiger charge is -2.09. The Balaban J connectivity index is 1.92. The Morgan fingerprint density at radius 3 is 2.94 bits per heavy atom. The second-order valence-corrected chi connectivity index (χ2v) is 5.53. The second kappa shape index (κ2) is 5.32. The molecule has 1 amide bonds. The van der Waals surface area contributed by atoms with E-state index in [0.717, 1.165) is 10.4 Å². The number of rotatable bonds is 4. The lowest BCUT2D eigenvalue weighted by atomic mass is 10.1. The van der Waals surface area contributed by atoms with Gasteiger partial charge in [0.15, 0.2) is 0 Å². The van der Waals surface area contributed by atoms with Crippen LogP contribution in [-0.4, -0.2) is 15.7 Å². The van der Waals surface area contributed by atoms with Crippen molar-refractivity contribution in [3.05, 3.63) is 39.8 Å². The van der Waals surface area contributed by atoms with E-state index < -0.39 is 6.04 Å². The molecule has 0 aliphatic heterocycles. The molecule has 0 radical (unpaired) electrons. The number of amides is 1. The molecule has 0 bridgehead atoms. The van der Waals surface area contributed by atoms with E-state index >= 15 is 0 Å². The molecule has 0 saturated carbocycles. The molecular formula is C12H16N4OS. The second-order valence-electron chi connectivity index (χ2n) is 4.16. The van der Waals surface area contributed by atoms with Gasteiger partial charge in [-0.2, -0.15) is 5.10 Å². The van der Waals surface area contributed by atoms with Gasteiger partial charge in [0, 0.05) is 28.6 Å². The average molecular weight is 264 g/mol. The van der Waals surface area contributed by atoms with Crippen LogP contribution in [0.3, 0.4) is 0 Å². The van der Waals surface area contributed by atoms with E-state index in [1.807, 2.05) is 19.1 Å². The van der Waals surface area contributed by atoms with E-state index in [1.165, 1.54) is 4.88 Å². The van der Waals surface area contributed by atoms with E-state index in [9.17, 15) is 4.79 Å². The van der Waals surface area contributed by atoms with Gasteiger partial charge in [0.1, 0.15) is 6.04 Å². The SMILES string of the molecule is Cc1ccc(CNC(=O)C(N)c2cnn(C)c2)s1. The molecule has 2 rings (SSSR count). The van der Waals surface area contributed by atoms with Crippen LogP contribution in [0, 0.1) is 6.92 Å². The van der Waals surface area contributed by atoms with Crippen LogP contribution in [0.25, 0.3) is 0 Å². The summed E-state index contributed by atoms with van der Waals surface area (Å²) in [6.45, 7) is 2.56. The quantitative estimate of drug-likeness (QED) is 0.868. The molecule has 6 heteroatoms. The number of carbonyl (C=O) groups excluding carboxylic acids is 1. The van der Waals surface area contributed by atoms with Crippen molar-refractivity contribution in [2.24, 2.45) is 12.8 Å². The highest BCUT2D eigenvalue weighted by Gasteiger charge is 2.16. The van der Waals surface area contributed by atoms with Gasteiger partial charge in [-0.15, -0.1) is 11.3 Å². The number of nitrogens with zero attached hydrogens (tertiary/aromatic N) is 2. The lowest BCUT2D eigenvalue weighted by Crippen LogP contribution is -2.33. The Morgan fingerprint density at radius 1 is 1.61 bits per heavy atom. The van der Waals surface area contributed by atoms with Crippen molar-refractivity contribution in [3.63, 3.8) is 0 Å². The van der Waals surface area contributed by atoms with Gasteiger partial charge in [-0.3, -0.25) is 9.48 Å². The zero-order valence-corrected chi connectivity index (χ0v) is 11.2. The fraction of sp³-hybridized carbons (Fsp3) is 0.333. The summed E-state index contributed by atoms with van der Waals surface area (Å²) in [5.74, 6) is -0.186. The van der Waals surface area contributed by atoms with Crippen LogP contribution in [-0.2, 0) is 18.4 Å². The van der Waals surface area contributed by atoms with Crippen molar-refractivity contribution in [2.75, 3.05) is 0 Å². The minimum atomic E-state index is -0.667. The summed E-state index contributed by atoms with van der Waals surface area (Å²) in [6.07, 6.45) is 3.36. The lowest BCUT2D eigenvalue weighted by molar-refractivity contribution is -0.122. The van der Waals surface area contributed by atoms with Gasteiger partial charge < -0.3 is 11.1 Å². The van der Waals surface area contributed by atoms with Crippen LogP contribution in [0.5, 0.6) is 0 Å². The number of nitrogens with one attached hydrogen (secondary N) is 1. The molecule has 5 nitrogen and oxygen atoms in total. The highest BCUT2D eigenvalue weighted by molar-refractivity contribution is 7.11. The maximum absolute atomic E-state index is 11.9. The first-order chi connectivity index (χ1) is 8.56. The molecule has 0 saturated heterocycles. The highest BCUT2D eigenvalue weighted by atomic mass is 32.1. The maximum atomic E-state index is 11.9. The van der Waals surface area contributed by atoms with Crippen molar-refractivity contribution in [1.29, 1.82) is 0 Å². The predicted molar refractivity (Wildman–Crippen MR) is 71.0 cm³/mol. The fourth-order valence-electron chi connectivity index (χ4n) is 1.62. The van der Waals surface area contributed by atoms with Crippen molar-refractivity contribution < 1.29 is 4.79 Å². The molecule has 2 heterocycles. The molecular weight excluding hydrogens is 248 g/mol. The summed E-state index contributed by atoms with van der Waals surface area (Å²) in [6, 6.07) is 3.38. The molecule has 0 fully saturated rings. The van der Waals surface area contributed by atoms with Crippen molar-refractivity contribution in [2.45, 2.75) is 19.5 Å². The number of hydrogen-bond donors (Lipinski definition) is 2. The average Bonchev–Trinajstić information content (AvgIpc) is 2.94. The highest BCUT2D eigenvalue weighted by Crippen LogP contribution is 2.15. The van der Waals surface area contributed by atoms with Crippen LogP contribution in [0.1, 0.15) is 21.4 Å². The fourth-order valence-corrected chi connectivity index (χ4v) is 2.45. The van der Waals surface area contributed by atoms with E-state index in [-0.39, 0.29) is 5.91 Å². The summed E-state index contributed by atoms with van der Waals surface area (Å²) in [7, 11) is 1.79. The normalized spacial score (nSPS) is 12.4. The van der Waals surface area contributed by atoms with E-state index in [2.05, 4.69) is 10.4 Å². The summed E-state index contributed by atoms with van der Waals surface area (Å²) >= 11 is 1.67. The molecule has 1 unspecified atom stereocenters. The van der Waals surface area contributed by atoms with Crippen LogP contribution in [0.15, 0.2) is 24.5 Å². The zero-order chi connectivity index (χ0) is 13.1. The number of aromatic nitrogens is 2. The minimum Gasteiger partial charge on any atom is -0.350 e. The predicted octanol–water partition coefficient (Wildman–Crippen LogP) is 1.11.